The van der Waals surface area contributed by atoms with Crippen molar-refractivity contribution in [2.75, 3.05) is 7.05 Å². The summed E-state index contributed by atoms with van der Waals surface area (Å²) in [6.07, 6.45) is 4.33. The summed E-state index contributed by atoms with van der Waals surface area (Å²) < 4.78 is 3.34. The Morgan fingerprint density at radius 1 is 1.24 bits per heavy atom. The molecule has 90 valence electrons. The number of hydrogen-bond acceptors (Lipinski definition) is 1. The van der Waals surface area contributed by atoms with Gasteiger partial charge in [-0.1, -0.05) is 28.1 Å². The van der Waals surface area contributed by atoms with Crippen LogP contribution in [0.1, 0.15) is 24.1 Å². The Hall–Kier alpha value is -1.06. The zero-order chi connectivity index (χ0) is 12.3. The number of rotatable bonds is 4. The van der Waals surface area contributed by atoms with Gasteiger partial charge < -0.3 is 9.88 Å². The van der Waals surface area contributed by atoms with Crippen LogP contribution in [-0.4, -0.2) is 11.6 Å². The topological polar surface area (TPSA) is 17.0 Å². The summed E-state index contributed by atoms with van der Waals surface area (Å²) >= 11 is 3.45. The van der Waals surface area contributed by atoms with Gasteiger partial charge in [-0.05, 0) is 43.3 Å². The Labute approximate surface area is 111 Å². The molecular formula is C14H17BrN2. The Bertz CT molecular complexity index is 473. The van der Waals surface area contributed by atoms with Gasteiger partial charge in [0.2, 0.25) is 0 Å². The summed E-state index contributed by atoms with van der Waals surface area (Å²) in [6, 6.07) is 11.0. The summed E-state index contributed by atoms with van der Waals surface area (Å²) in [6.45, 7) is 3.09. The van der Waals surface area contributed by atoms with E-state index in [4.69, 9.17) is 0 Å². The molecule has 17 heavy (non-hydrogen) atoms. The van der Waals surface area contributed by atoms with Crippen molar-refractivity contribution in [3.8, 4) is 0 Å². The minimum Gasteiger partial charge on any atom is -0.350 e. The van der Waals surface area contributed by atoms with Crippen molar-refractivity contribution < 1.29 is 0 Å². The third-order valence-corrected chi connectivity index (χ3v) is 3.51. The molecule has 0 spiro atoms. The lowest BCUT2D eigenvalue weighted by Crippen LogP contribution is -2.11. The number of halogens is 1. The van der Waals surface area contributed by atoms with Crippen LogP contribution in [0.2, 0.25) is 0 Å². The fraction of sp³-hybridized carbons (Fsp3) is 0.286. The van der Waals surface area contributed by atoms with E-state index in [0.29, 0.717) is 6.04 Å². The van der Waals surface area contributed by atoms with Gasteiger partial charge in [0.25, 0.3) is 0 Å². The molecule has 1 atom stereocenters. The standard InChI is InChI=1S/C14H17BrN2/c1-11(16-2)13-7-8-17(10-13)9-12-3-5-14(15)6-4-12/h3-8,10-11,16H,9H2,1-2H3. The van der Waals surface area contributed by atoms with E-state index in [2.05, 4.69) is 75.5 Å². The zero-order valence-corrected chi connectivity index (χ0v) is 11.7. The van der Waals surface area contributed by atoms with Crippen LogP contribution in [0.5, 0.6) is 0 Å². The molecule has 0 saturated heterocycles. The predicted molar refractivity (Wildman–Crippen MR) is 75.2 cm³/mol. The zero-order valence-electron chi connectivity index (χ0n) is 10.2. The quantitative estimate of drug-likeness (QED) is 0.911. The Morgan fingerprint density at radius 3 is 2.59 bits per heavy atom. The van der Waals surface area contributed by atoms with Crippen molar-refractivity contribution in [3.05, 3.63) is 58.3 Å². The Kier molecular flexibility index (Phi) is 4.02. The molecular weight excluding hydrogens is 276 g/mol. The van der Waals surface area contributed by atoms with Crippen molar-refractivity contribution in [1.82, 2.24) is 9.88 Å². The molecule has 2 nitrogen and oxygen atoms in total. The minimum absolute atomic E-state index is 0.404. The van der Waals surface area contributed by atoms with E-state index in [9.17, 15) is 0 Å². The summed E-state index contributed by atoms with van der Waals surface area (Å²) in [5.41, 5.74) is 2.64. The third-order valence-electron chi connectivity index (χ3n) is 2.98. The normalized spacial score (nSPS) is 12.6. The summed E-state index contributed by atoms with van der Waals surface area (Å²) in [5.74, 6) is 0. The molecule has 0 bridgehead atoms. The van der Waals surface area contributed by atoms with Crippen molar-refractivity contribution >= 4 is 15.9 Å². The molecule has 0 aliphatic rings. The van der Waals surface area contributed by atoms with Crippen LogP contribution in [0.3, 0.4) is 0 Å². The fourth-order valence-electron chi connectivity index (χ4n) is 1.78. The van der Waals surface area contributed by atoms with Crippen molar-refractivity contribution in [2.24, 2.45) is 0 Å². The highest BCUT2D eigenvalue weighted by molar-refractivity contribution is 9.10. The fourth-order valence-corrected chi connectivity index (χ4v) is 2.05. The first-order chi connectivity index (χ1) is 8.19. The molecule has 0 amide bonds. The number of nitrogens with one attached hydrogen (secondary N) is 1. The SMILES string of the molecule is CNC(C)c1ccn(Cc2ccc(Br)cc2)c1. The van der Waals surface area contributed by atoms with E-state index in [0.717, 1.165) is 11.0 Å². The highest BCUT2D eigenvalue weighted by Gasteiger charge is 2.04. The van der Waals surface area contributed by atoms with Crippen LogP contribution in [0.25, 0.3) is 0 Å². The lowest BCUT2D eigenvalue weighted by atomic mass is 10.2. The van der Waals surface area contributed by atoms with Gasteiger partial charge in [0, 0.05) is 29.5 Å². The Morgan fingerprint density at radius 2 is 1.94 bits per heavy atom. The molecule has 1 unspecified atom stereocenters. The molecule has 0 saturated carbocycles. The molecule has 0 fully saturated rings. The van der Waals surface area contributed by atoms with E-state index >= 15 is 0 Å². The lowest BCUT2D eigenvalue weighted by Gasteiger charge is -2.07. The Balaban J connectivity index is 2.08. The van der Waals surface area contributed by atoms with Gasteiger partial charge in [0.05, 0.1) is 0 Å². The first-order valence-electron chi connectivity index (χ1n) is 5.76. The molecule has 0 radical (unpaired) electrons. The predicted octanol–water partition coefficient (Wildman–Crippen LogP) is 3.58. The maximum Gasteiger partial charge on any atom is 0.0470 e. The van der Waals surface area contributed by atoms with E-state index in [-0.39, 0.29) is 0 Å². The van der Waals surface area contributed by atoms with Crippen molar-refractivity contribution in [3.63, 3.8) is 0 Å². The van der Waals surface area contributed by atoms with Crippen LogP contribution >= 0.6 is 15.9 Å². The molecule has 0 aliphatic carbocycles. The van der Waals surface area contributed by atoms with Gasteiger partial charge in [0.1, 0.15) is 0 Å². The molecule has 1 aromatic carbocycles. The van der Waals surface area contributed by atoms with Crippen LogP contribution in [0.4, 0.5) is 0 Å². The van der Waals surface area contributed by atoms with Crippen LogP contribution in [0, 0.1) is 0 Å². The maximum absolute atomic E-state index is 3.45. The van der Waals surface area contributed by atoms with Crippen LogP contribution in [-0.2, 0) is 6.54 Å². The highest BCUT2D eigenvalue weighted by atomic mass is 79.9. The van der Waals surface area contributed by atoms with Gasteiger partial charge in [-0.3, -0.25) is 0 Å². The number of hydrogen-bond donors (Lipinski definition) is 1. The molecule has 1 heterocycles. The maximum atomic E-state index is 3.45. The van der Waals surface area contributed by atoms with Crippen molar-refractivity contribution in [1.29, 1.82) is 0 Å². The minimum atomic E-state index is 0.404. The largest absolute Gasteiger partial charge is 0.350 e. The highest BCUT2D eigenvalue weighted by Crippen LogP contribution is 2.15. The molecule has 2 aromatic rings. The molecule has 2 rings (SSSR count). The van der Waals surface area contributed by atoms with Gasteiger partial charge in [0.15, 0.2) is 0 Å². The summed E-state index contributed by atoms with van der Waals surface area (Å²) in [5, 5.41) is 3.25. The van der Waals surface area contributed by atoms with Gasteiger partial charge in [-0.15, -0.1) is 0 Å². The van der Waals surface area contributed by atoms with E-state index in [1.54, 1.807) is 0 Å². The lowest BCUT2D eigenvalue weighted by molar-refractivity contribution is 0.649. The second-order valence-corrected chi connectivity index (χ2v) is 5.17. The monoisotopic (exact) mass is 292 g/mol. The average Bonchev–Trinajstić information content (AvgIpc) is 2.80. The molecule has 3 heteroatoms. The number of nitrogens with zero attached hydrogens (tertiary/aromatic N) is 1. The van der Waals surface area contributed by atoms with Gasteiger partial charge in [-0.2, -0.15) is 0 Å². The second-order valence-electron chi connectivity index (χ2n) is 4.25. The average molecular weight is 293 g/mol. The summed E-state index contributed by atoms with van der Waals surface area (Å²) in [7, 11) is 1.98. The molecule has 0 aliphatic heterocycles. The van der Waals surface area contributed by atoms with Gasteiger partial charge >= 0.3 is 0 Å². The van der Waals surface area contributed by atoms with Gasteiger partial charge in [-0.25, -0.2) is 0 Å². The third kappa shape index (κ3) is 3.20. The van der Waals surface area contributed by atoms with E-state index in [1.165, 1.54) is 11.1 Å². The van der Waals surface area contributed by atoms with Crippen LogP contribution < -0.4 is 5.32 Å². The number of aromatic nitrogens is 1. The second kappa shape index (κ2) is 5.52. The van der Waals surface area contributed by atoms with Crippen molar-refractivity contribution in [2.45, 2.75) is 19.5 Å². The van der Waals surface area contributed by atoms with Crippen LogP contribution in [0.15, 0.2) is 47.2 Å². The first kappa shape index (κ1) is 12.4. The number of benzene rings is 1. The molecule has 1 aromatic heterocycles. The first-order valence-corrected chi connectivity index (χ1v) is 6.55. The molecule has 1 N–H and O–H groups in total. The smallest absolute Gasteiger partial charge is 0.0470 e. The van der Waals surface area contributed by atoms with E-state index in [1.807, 2.05) is 7.05 Å². The summed E-state index contributed by atoms with van der Waals surface area (Å²) in [4.78, 5) is 0. The van der Waals surface area contributed by atoms with E-state index < -0.39 is 0 Å².